The third kappa shape index (κ3) is 4.16. The van der Waals surface area contributed by atoms with E-state index in [4.69, 9.17) is 0 Å². The number of rotatable bonds is 2. The van der Waals surface area contributed by atoms with E-state index in [0.717, 1.165) is 5.40 Å². The standard InChI is InChI=1S/C12H28P2/c1-10(13(8)11(2,3)4)14(9)12(5,6)7/h10H,1-9H3/t13-,14-/m1/s1. The van der Waals surface area contributed by atoms with Crippen LogP contribution in [0.15, 0.2) is 0 Å². The Morgan fingerprint density at radius 2 is 0.929 bits per heavy atom. The summed E-state index contributed by atoms with van der Waals surface area (Å²) in [6.45, 7) is 21.8. The van der Waals surface area contributed by atoms with Crippen molar-refractivity contribution >= 4 is 15.8 Å². The Labute approximate surface area is 93.8 Å². The first-order valence-electron chi connectivity index (χ1n) is 5.44. The third-order valence-electron chi connectivity index (χ3n) is 3.24. The molecule has 0 spiro atoms. The zero-order valence-corrected chi connectivity index (χ0v) is 13.3. The van der Waals surface area contributed by atoms with E-state index < -0.39 is 0 Å². The molecule has 0 saturated carbocycles. The summed E-state index contributed by atoms with van der Waals surface area (Å²) in [5.74, 6) is 0. The quantitative estimate of drug-likeness (QED) is 0.579. The molecular formula is C12H28P2. The first-order chi connectivity index (χ1) is 5.98. The summed E-state index contributed by atoms with van der Waals surface area (Å²) in [5, 5.41) is 1.94. The monoisotopic (exact) mass is 234 g/mol. The van der Waals surface area contributed by atoms with E-state index in [9.17, 15) is 0 Å². The van der Waals surface area contributed by atoms with Gasteiger partial charge in [-0.2, -0.15) is 0 Å². The molecular weight excluding hydrogens is 206 g/mol. The Bertz CT molecular complexity index is 154. The van der Waals surface area contributed by atoms with Crippen molar-refractivity contribution < 1.29 is 0 Å². The van der Waals surface area contributed by atoms with E-state index in [1.165, 1.54) is 0 Å². The highest BCUT2D eigenvalue weighted by Gasteiger charge is 2.32. The minimum atomic E-state index is 0.142. The van der Waals surface area contributed by atoms with Crippen molar-refractivity contribution in [3.63, 3.8) is 0 Å². The van der Waals surface area contributed by atoms with E-state index >= 15 is 0 Å². The molecule has 0 heterocycles. The van der Waals surface area contributed by atoms with Crippen molar-refractivity contribution in [1.29, 1.82) is 0 Å². The second kappa shape index (κ2) is 4.80. The lowest BCUT2D eigenvalue weighted by Gasteiger charge is -2.41. The van der Waals surface area contributed by atoms with Crippen molar-refractivity contribution in [3.8, 4) is 0 Å². The molecule has 14 heavy (non-hydrogen) atoms. The summed E-state index contributed by atoms with van der Waals surface area (Å²) in [5.41, 5.74) is 0. The summed E-state index contributed by atoms with van der Waals surface area (Å²) >= 11 is 0. The molecule has 0 aliphatic carbocycles. The zero-order valence-electron chi connectivity index (χ0n) is 11.5. The SMILES string of the molecule is CC([P@@](C)C(C)(C)C)[P@@](C)C(C)(C)C. The Hall–Kier alpha value is 0.860. The van der Waals surface area contributed by atoms with Crippen molar-refractivity contribution in [2.75, 3.05) is 13.3 Å². The highest BCUT2D eigenvalue weighted by molar-refractivity contribution is 7.76. The maximum Gasteiger partial charge on any atom is -0.00297 e. The van der Waals surface area contributed by atoms with E-state index in [-0.39, 0.29) is 15.8 Å². The predicted molar refractivity (Wildman–Crippen MR) is 74.7 cm³/mol. The first-order valence-corrected chi connectivity index (χ1v) is 9.15. The lowest BCUT2D eigenvalue weighted by atomic mass is 10.3. The molecule has 0 unspecified atom stereocenters. The van der Waals surface area contributed by atoms with Gasteiger partial charge in [0.15, 0.2) is 0 Å². The van der Waals surface area contributed by atoms with Crippen LogP contribution in [0.3, 0.4) is 0 Å². The Kier molecular flexibility index (Phi) is 5.09. The first kappa shape index (κ1) is 14.9. The molecule has 2 heteroatoms. The van der Waals surface area contributed by atoms with E-state index in [1.807, 2.05) is 0 Å². The fourth-order valence-corrected chi connectivity index (χ4v) is 7.78. The molecule has 0 aliphatic rings. The minimum Gasteiger partial charge on any atom is -0.0971 e. The van der Waals surface area contributed by atoms with Crippen LogP contribution in [0.1, 0.15) is 48.5 Å². The normalized spacial score (nSPS) is 18.4. The molecule has 0 radical (unpaired) electrons. The summed E-state index contributed by atoms with van der Waals surface area (Å²) < 4.78 is 0. The Morgan fingerprint density at radius 1 is 0.714 bits per heavy atom. The minimum absolute atomic E-state index is 0.142. The van der Waals surface area contributed by atoms with Gasteiger partial charge in [0.2, 0.25) is 0 Å². The van der Waals surface area contributed by atoms with Crippen LogP contribution in [0.2, 0.25) is 0 Å². The maximum atomic E-state index is 2.48. The Balaban J connectivity index is 4.56. The molecule has 0 N–H and O–H groups in total. The smallest absolute Gasteiger partial charge is 0.00297 e. The van der Waals surface area contributed by atoms with E-state index in [0.29, 0.717) is 10.3 Å². The average Bonchev–Trinajstić information content (AvgIpc) is 1.97. The third-order valence-corrected chi connectivity index (χ3v) is 11.8. The van der Waals surface area contributed by atoms with Gasteiger partial charge in [0.1, 0.15) is 0 Å². The molecule has 0 aromatic heterocycles. The van der Waals surface area contributed by atoms with Gasteiger partial charge in [-0.3, -0.25) is 0 Å². The molecule has 0 aliphatic heterocycles. The van der Waals surface area contributed by atoms with Crippen LogP contribution in [0.5, 0.6) is 0 Å². The lowest BCUT2D eigenvalue weighted by Crippen LogP contribution is -2.22. The van der Waals surface area contributed by atoms with Gasteiger partial charge in [-0.25, -0.2) is 0 Å². The second-order valence-corrected chi connectivity index (χ2v) is 13.3. The molecule has 0 amide bonds. The second-order valence-electron chi connectivity index (χ2n) is 6.20. The van der Waals surface area contributed by atoms with Crippen molar-refractivity contribution in [3.05, 3.63) is 0 Å². The van der Waals surface area contributed by atoms with Crippen LogP contribution in [-0.2, 0) is 0 Å². The van der Waals surface area contributed by atoms with E-state index in [2.05, 4.69) is 61.8 Å². The fraction of sp³-hybridized carbons (Fsp3) is 1.00. The topological polar surface area (TPSA) is 0 Å². The van der Waals surface area contributed by atoms with E-state index in [1.54, 1.807) is 0 Å². The highest BCUT2D eigenvalue weighted by atomic mass is 31.2. The molecule has 0 fully saturated rings. The van der Waals surface area contributed by atoms with Gasteiger partial charge in [0.25, 0.3) is 0 Å². The molecule has 0 aromatic rings. The summed E-state index contributed by atoms with van der Waals surface area (Å²) in [6.07, 6.45) is 0. The van der Waals surface area contributed by atoms with Gasteiger partial charge in [-0.05, 0) is 29.0 Å². The molecule has 86 valence electrons. The Morgan fingerprint density at radius 3 is 1.07 bits per heavy atom. The van der Waals surface area contributed by atoms with Gasteiger partial charge in [-0.15, -0.1) is 0 Å². The maximum absolute atomic E-state index is 2.48. The van der Waals surface area contributed by atoms with Crippen LogP contribution < -0.4 is 0 Å². The van der Waals surface area contributed by atoms with Crippen LogP contribution in [0, 0.1) is 0 Å². The van der Waals surface area contributed by atoms with Crippen molar-refractivity contribution in [2.45, 2.75) is 64.2 Å². The van der Waals surface area contributed by atoms with Gasteiger partial charge in [-0.1, -0.05) is 64.3 Å². The lowest BCUT2D eigenvalue weighted by molar-refractivity contribution is 0.768. The van der Waals surface area contributed by atoms with Crippen molar-refractivity contribution in [1.82, 2.24) is 0 Å². The molecule has 0 bridgehead atoms. The fourth-order valence-electron chi connectivity index (χ4n) is 1.38. The molecule has 2 atom stereocenters. The summed E-state index contributed by atoms with van der Waals surface area (Å²) in [4.78, 5) is 0. The number of hydrogen-bond acceptors (Lipinski definition) is 0. The van der Waals surface area contributed by atoms with Gasteiger partial charge in [0, 0.05) is 0 Å². The summed E-state index contributed by atoms with van der Waals surface area (Å²) in [7, 11) is 0.285. The van der Waals surface area contributed by atoms with Crippen LogP contribution in [-0.4, -0.2) is 29.0 Å². The van der Waals surface area contributed by atoms with Gasteiger partial charge < -0.3 is 0 Å². The van der Waals surface area contributed by atoms with Crippen molar-refractivity contribution in [2.24, 2.45) is 0 Å². The largest absolute Gasteiger partial charge is 0.0971 e. The zero-order chi connectivity index (χ0) is 11.7. The van der Waals surface area contributed by atoms with Gasteiger partial charge in [0.05, 0.1) is 0 Å². The summed E-state index contributed by atoms with van der Waals surface area (Å²) in [6, 6.07) is 0. The van der Waals surface area contributed by atoms with Crippen LogP contribution >= 0.6 is 15.8 Å². The van der Waals surface area contributed by atoms with Crippen LogP contribution in [0.25, 0.3) is 0 Å². The highest BCUT2D eigenvalue weighted by Crippen LogP contribution is 2.65. The molecule has 0 saturated heterocycles. The predicted octanol–water partition coefficient (Wildman–Crippen LogP) is 5.15. The number of hydrogen-bond donors (Lipinski definition) is 0. The average molecular weight is 234 g/mol. The van der Waals surface area contributed by atoms with Gasteiger partial charge >= 0.3 is 0 Å². The molecule has 0 rings (SSSR count). The van der Waals surface area contributed by atoms with Crippen LogP contribution in [0.4, 0.5) is 0 Å². The molecule has 0 nitrogen and oxygen atoms in total. The molecule has 0 aromatic carbocycles.